The number of rotatable bonds is 6. The third kappa shape index (κ3) is 8.19. The highest BCUT2D eigenvalue weighted by Gasteiger charge is 2.27. The summed E-state index contributed by atoms with van der Waals surface area (Å²) in [5.41, 5.74) is 2.06. The van der Waals surface area contributed by atoms with Crippen LogP contribution < -0.4 is 5.48 Å². The zero-order valence-corrected chi connectivity index (χ0v) is 8.56. The second-order valence-electron chi connectivity index (χ2n) is 2.91. The van der Waals surface area contributed by atoms with E-state index in [1.807, 2.05) is 0 Å². The van der Waals surface area contributed by atoms with E-state index in [4.69, 9.17) is 0 Å². The first-order chi connectivity index (χ1) is 6.87. The van der Waals surface area contributed by atoms with Crippen LogP contribution in [-0.2, 0) is 14.4 Å². The van der Waals surface area contributed by atoms with Gasteiger partial charge in [0.05, 0.1) is 12.5 Å². The van der Waals surface area contributed by atoms with Crippen molar-refractivity contribution in [1.29, 1.82) is 0 Å². The quantitative estimate of drug-likeness (QED) is 0.423. The van der Waals surface area contributed by atoms with Gasteiger partial charge in [0.2, 0.25) is 0 Å². The van der Waals surface area contributed by atoms with Crippen molar-refractivity contribution >= 4 is 5.97 Å². The topological polar surface area (TPSA) is 47.6 Å². The third-order valence-corrected chi connectivity index (χ3v) is 1.42. The largest absolute Gasteiger partial charge is 0.466 e. The average Bonchev–Trinajstić information content (AvgIpc) is 2.11. The summed E-state index contributed by atoms with van der Waals surface area (Å²) in [6.45, 7) is 2.02. The van der Waals surface area contributed by atoms with E-state index in [-0.39, 0.29) is 13.2 Å². The first-order valence-electron chi connectivity index (χ1n) is 4.45. The first kappa shape index (κ1) is 14.2. The second-order valence-corrected chi connectivity index (χ2v) is 2.91. The highest BCUT2D eigenvalue weighted by atomic mass is 19.4. The average molecular weight is 229 g/mol. The summed E-state index contributed by atoms with van der Waals surface area (Å²) >= 11 is 0. The van der Waals surface area contributed by atoms with E-state index in [2.05, 4.69) is 15.1 Å². The SMILES string of the molecule is CCOC(=O)C(C)CNOCC(F)(F)F. The Morgan fingerprint density at radius 1 is 1.47 bits per heavy atom. The smallest absolute Gasteiger partial charge is 0.413 e. The van der Waals surface area contributed by atoms with Gasteiger partial charge in [-0.25, -0.2) is 5.48 Å². The molecule has 0 radical (unpaired) electrons. The number of ether oxygens (including phenoxy) is 1. The molecule has 1 atom stereocenters. The Kier molecular flexibility index (Phi) is 6.26. The van der Waals surface area contributed by atoms with Gasteiger partial charge in [0.25, 0.3) is 0 Å². The number of carbonyl (C=O) groups is 1. The van der Waals surface area contributed by atoms with Crippen molar-refractivity contribution in [1.82, 2.24) is 5.48 Å². The molecule has 0 aromatic heterocycles. The van der Waals surface area contributed by atoms with Gasteiger partial charge in [-0.2, -0.15) is 13.2 Å². The fourth-order valence-corrected chi connectivity index (χ4v) is 0.685. The number of hydroxylamine groups is 1. The standard InChI is InChI=1S/C8H14F3NO3/c1-3-14-7(13)6(2)4-12-15-5-8(9,10)11/h6,12H,3-5H2,1-2H3. The normalized spacial score (nSPS) is 13.7. The monoisotopic (exact) mass is 229 g/mol. The molecule has 7 heteroatoms. The van der Waals surface area contributed by atoms with Crippen LogP contribution in [0, 0.1) is 5.92 Å². The van der Waals surface area contributed by atoms with Crippen LogP contribution in [0.15, 0.2) is 0 Å². The molecule has 90 valence electrons. The van der Waals surface area contributed by atoms with Crippen molar-refractivity contribution in [2.24, 2.45) is 5.92 Å². The molecule has 0 spiro atoms. The fraction of sp³-hybridized carbons (Fsp3) is 0.875. The lowest BCUT2D eigenvalue weighted by Crippen LogP contribution is -2.31. The minimum Gasteiger partial charge on any atom is -0.466 e. The fourth-order valence-electron chi connectivity index (χ4n) is 0.685. The molecule has 0 aromatic rings. The van der Waals surface area contributed by atoms with E-state index in [9.17, 15) is 18.0 Å². The van der Waals surface area contributed by atoms with Gasteiger partial charge in [-0.05, 0) is 6.92 Å². The van der Waals surface area contributed by atoms with Crippen LogP contribution in [0.4, 0.5) is 13.2 Å². The molecule has 0 heterocycles. The number of halogens is 3. The highest BCUT2D eigenvalue weighted by molar-refractivity contribution is 5.72. The predicted molar refractivity (Wildman–Crippen MR) is 45.8 cm³/mol. The minimum absolute atomic E-state index is 0.0189. The number of carbonyl (C=O) groups excluding carboxylic acids is 1. The number of hydrogen-bond acceptors (Lipinski definition) is 4. The summed E-state index contributed by atoms with van der Waals surface area (Å²) in [7, 11) is 0. The van der Waals surface area contributed by atoms with E-state index in [0.29, 0.717) is 0 Å². The van der Waals surface area contributed by atoms with E-state index in [1.165, 1.54) is 6.92 Å². The van der Waals surface area contributed by atoms with Crippen LogP contribution >= 0.6 is 0 Å². The maximum absolute atomic E-state index is 11.6. The molecular formula is C8H14F3NO3. The van der Waals surface area contributed by atoms with Crippen LogP contribution in [0.2, 0.25) is 0 Å². The number of nitrogens with one attached hydrogen (secondary N) is 1. The Morgan fingerprint density at radius 2 is 2.07 bits per heavy atom. The molecular weight excluding hydrogens is 215 g/mol. The van der Waals surface area contributed by atoms with Gasteiger partial charge in [-0.3, -0.25) is 9.63 Å². The van der Waals surface area contributed by atoms with Gasteiger partial charge in [-0.15, -0.1) is 0 Å². The van der Waals surface area contributed by atoms with Gasteiger partial charge in [0.1, 0.15) is 0 Å². The van der Waals surface area contributed by atoms with Gasteiger partial charge < -0.3 is 4.74 Å². The minimum atomic E-state index is -4.37. The van der Waals surface area contributed by atoms with Crippen molar-refractivity contribution < 1.29 is 27.5 Å². The zero-order chi connectivity index (χ0) is 11.9. The Balaban J connectivity index is 3.55. The van der Waals surface area contributed by atoms with E-state index in [0.717, 1.165) is 0 Å². The van der Waals surface area contributed by atoms with E-state index in [1.54, 1.807) is 6.92 Å². The molecule has 0 rings (SSSR count). The van der Waals surface area contributed by atoms with Crippen molar-refractivity contribution in [3.05, 3.63) is 0 Å². The molecule has 0 bridgehead atoms. The molecule has 1 unspecified atom stereocenters. The first-order valence-corrected chi connectivity index (χ1v) is 4.45. The molecule has 0 saturated heterocycles. The summed E-state index contributed by atoms with van der Waals surface area (Å²) in [5, 5.41) is 0. The number of alkyl halides is 3. The predicted octanol–water partition coefficient (Wildman–Crippen LogP) is 1.27. The van der Waals surface area contributed by atoms with Crippen LogP contribution in [0.1, 0.15) is 13.8 Å². The molecule has 4 nitrogen and oxygen atoms in total. The summed E-state index contributed by atoms with van der Waals surface area (Å²) in [6, 6.07) is 0. The van der Waals surface area contributed by atoms with E-state index < -0.39 is 24.7 Å². The molecule has 1 N–H and O–H groups in total. The lowest BCUT2D eigenvalue weighted by molar-refractivity contribution is -0.190. The summed E-state index contributed by atoms with van der Waals surface area (Å²) in [5.74, 6) is -1.02. The van der Waals surface area contributed by atoms with Crippen LogP contribution in [0.5, 0.6) is 0 Å². The highest BCUT2D eigenvalue weighted by Crippen LogP contribution is 2.13. The zero-order valence-electron chi connectivity index (χ0n) is 8.56. The van der Waals surface area contributed by atoms with Gasteiger partial charge in [-0.1, -0.05) is 6.92 Å². The van der Waals surface area contributed by atoms with Gasteiger partial charge in [0.15, 0.2) is 6.61 Å². The Morgan fingerprint density at radius 3 is 2.53 bits per heavy atom. The van der Waals surface area contributed by atoms with Crippen molar-refractivity contribution in [3.63, 3.8) is 0 Å². The Bertz CT molecular complexity index is 196. The van der Waals surface area contributed by atoms with Crippen LogP contribution in [-0.4, -0.2) is 31.9 Å². The summed E-state index contributed by atoms with van der Waals surface area (Å²) < 4.78 is 39.5. The molecule has 0 aliphatic heterocycles. The van der Waals surface area contributed by atoms with Gasteiger partial charge >= 0.3 is 12.1 Å². The molecule has 0 aliphatic carbocycles. The van der Waals surface area contributed by atoms with Crippen molar-refractivity contribution in [2.45, 2.75) is 20.0 Å². The van der Waals surface area contributed by atoms with Crippen LogP contribution in [0.3, 0.4) is 0 Å². The lowest BCUT2D eigenvalue weighted by atomic mass is 10.2. The lowest BCUT2D eigenvalue weighted by Gasteiger charge is -2.12. The Labute approximate surface area is 85.7 Å². The molecule has 0 amide bonds. The maximum Gasteiger partial charge on any atom is 0.413 e. The number of hydrogen-bond donors (Lipinski definition) is 1. The third-order valence-electron chi connectivity index (χ3n) is 1.42. The molecule has 0 fully saturated rings. The van der Waals surface area contributed by atoms with Gasteiger partial charge in [0, 0.05) is 6.54 Å². The molecule has 0 saturated carbocycles. The molecule has 0 aromatic carbocycles. The second kappa shape index (κ2) is 6.62. The number of esters is 1. The molecule has 15 heavy (non-hydrogen) atoms. The maximum atomic E-state index is 11.6. The van der Waals surface area contributed by atoms with E-state index >= 15 is 0 Å². The van der Waals surface area contributed by atoms with Crippen molar-refractivity contribution in [2.75, 3.05) is 19.8 Å². The van der Waals surface area contributed by atoms with Crippen LogP contribution in [0.25, 0.3) is 0 Å². The summed E-state index contributed by atoms with van der Waals surface area (Å²) in [4.78, 5) is 15.1. The Hall–Kier alpha value is -0.820. The summed E-state index contributed by atoms with van der Waals surface area (Å²) in [6.07, 6.45) is -4.37. The van der Waals surface area contributed by atoms with Crippen molar-refractivity contribution in [3.8, 4) is 0 Å². The molecule has 0 aliphatic rings.